The van der Waals surface area contributed by atoms with Crippen molar-refractivity contribution in [3.8, 4) is 10.4 Å². The molecule has 7 nitrogen and oxygen atoms in total. The molecule has 0 unspecified atom stereocenters. The maximum Gasteiger partial charge on any atom is 0.350 e. The van der Waals surface area contributed by atoms with E-state index in [0.29, 0.717) is 17.8 Å². The third-order valence-corrected chi connectivity index (χ3v) is 10.6. The smallest absolute Gasteiger partial charge is 0.350 e. The molecule has 1 aliphatic carbocycles. The molecular weight excluding hydrogens is 520 g/mol. The van der Waals surface area contributed by atoms with Gasteiger partial charge < -0.3 is 10.1 Å². The Morgan fingerprint density at radius 1 is 1.03 bits per heavy atom. The minimum absolute atomic E-state index is 0.00845. The van der Waals surface area contributed by atoms with Gasteiger partial charge in [-0.3, -0.25) is 4.79 Å². The van der Waals surface area contributed by atoms with Crippen molar-refractivity contribution in [2.45, 2.75) is 51.0 Å². The SMILES string of the molecule is COC(=O)c1sc(-c2ccccc2)cc1NC(=O)c1ccc(S(=O)(=O)N2C[C@]3(C)C[C@H]2CC(C)(C)C3)cc1. The van der Waals surface area contributed by atoms with Crippen molar-refractivity contribution in [1.82, 2.24) is 4.31 Å². The second kappa shape index (κ2) is 9.63. The van der Waals surface area contributed by atoms with Gasteiger partial charge in [0.25, 0.3) is 5.91 Å². The highest BCUT2D eigenvalue weighted by Gasteiger charge is 2.53. The molecule has 2 aliphatic rings. The average Bonchev–Trinajstić information content (AvgIpc) is 3.41. The molecule has 2 bridgehead atoms. The number of nitrogens with one attached hydrogen (secondary N) is 1. The molecule has 1 amide bonds. The van der Waals surface area contributed by atoms with E-state index in [1.54, 1.807) is 10.4 Å². The van der Waals surface area contributed by atoms with Crippen LogP contribution in [-0.4, -0.2) is 44.3 Å². The number of carbonyl (C=O) groups excluding carboxylic acids is 2. The van der Waals surface area contributed by atoms with E-state index in [0.717, 1.165) is 29.7 Å². The van der Waals surface area contributed by atoms with Gasteiger partial charge in [0.1, 0.15) is 4.88 Å². The quantitative estimate of drug-likeness (QED) is 0.376. The standard InChI is InChI=1S/C29H32N2O5S2/c1-28(2)15-21-16-29(3,17-28)18-31(21)38(34,35)22-12-10-20(11-13-22)26(32)30-23-14-24(19-8-6-5-7-9-19)37-25(23)27(33)36-4/h5-14,21H,15-18H2,1-4H3,(H,30,32)/t21-,29-/m1/s1. The second-order valence-electron chi connectivity index (χ2n) is 11.5. The first-order valence-electron chi connectivity index (χ1n) is 12.6. The van der Waals surface area contributed by atoms with Crippen LogP contribution in [0.4, 0.5) is 5.69 Å². The molecule has 9 heteroatoms. The van der Waals surface area contributed by atoms with Crippen LogP contribution in [0, 0.1) is 10.8 Å². The van der Waals surface area contributed by atoms with E-state index in [2.05, 4.69) is 26.1 Å². The monoisotopic (exact) mass is 552 g/mol. The Morgan fingerprint density at radius 3 is 2.37 bits per heavy atom. The Labute approximate surface area is 227 Å². The third kappa shape index (κ3) is 5.02. The number of carbonyl (C=O) groups is 2. The lowest BCUT2D eigenvalue weighted by molar-refractivity contribution is 0.0607. The highest BCUT2D eigenvalue weighted by Crippen LogP contribution is 2.53. The number of benzene rings is 2. The van der Waals surface area contributed by atoms with Crippen molar-refractivity contribution < 1.29 is 22.7 Å². The zero-order chi connectivity index (χ0) is 27.3. The normalized spacial score (nSPS) is 22.7. The van der Waals surface area contributed by atoms with Gasteiger partial charge in [-0.2, -0.15) is 4.31 Å². The lowest BCUT2D eigenvalue weighted by atomic mass is 9.65. The Kier molecular flexibility index (Phi) is 6.74. The summed E-state index contributed by atoms with van der Waals surface area (Å²) in [4.78, 5) is 26.8. The van der Waals surface area contributed by atoms with Crippen LogP contribution < -0.4 is 5.32 Å². The number of hydrogen-bond acceptors (Lipinski definition) is 6. The summed E-state index contributed by atoms with van der Waals surface area (Å²) >= 11 is 1.24. The number of nitrogens with zero attached hydrogens (tertiary/aromatic N) is 1. The minimum Gasteiger partial charge on any atom is -0.465 e. The van der Waals surface area contributed by atoms with Crippen molar-refractivity contribution in [2.75, 3.05) is 19.0 Å². The molecular formula is C29H32N2O5S2. The van der Waals surface area contributed by atoms with E-state index in [1.165, 1.54) is 42.7 Å². The number of fused-ring (bicyclic) bond motifs is 2. The Hall–Kier alpha value is -3.01. The van der Waals surface area contributed by atoms with E-state index in [4.69, 9.17) is 4.74 Å². The summed E-state index contributed by atoms with van der Waals surface area (Å²) in [6.45, 7) is 7.12. The Balaban J connectivity index is 1.36. The molecule has 3 aromatic rings. The third-order valence-electron chi connectivity index (χ3n) is 7.50. The summed E-state index contributed by atoms with van der Waals surface area (Å²) in [5, 5.41) is 2.80. The van der Waals surface area contributed by atoms with Crippen molar-refractivity contribution in [3.05, 3.63) is 71.1 Å². The number of amides is 1. The minimum atomic E-state index is -3.69. The summed E-state index contributed by atoms with van der Waals surface area (Å²) in [5.41, 5.74) is 1.65. The fourth-order valence-corrected chi connectivity index (χ4v) is 9.08. The van der Waals surface area contributed by atoms with Crippen molar-refractivity contribution >= 4 is 38.9 Å². The molecule has 1 saturated heterocycles. The first-order valence-corrected chi connectivity index (χ1v) is 14.9. The summed E-state index contributed by atoms with van der Waals surface area (Å²) in [5.74, 6) is -0.982. The molecule has 1 N–H and O–H groups in total. The first-order chi connectivity index (χ1) is 17.9. The van der Waals surface area contributed by atoms with Crippen LogP contribution in [0.2, 0.25) is 0 Å². The van der Waals surface area contributed by atoms with Gasteiger partial charge in [-0.1, -0.05) is 51.1 Å². The van der Waals surface area contributed by atoms with E-state index in [-0.39, 0.29) is 26.6 Å². The van der Waals surface area contributed by atoms with Gasteiger partial charge in [-0.05, 0) is 66.0 Å². The number of thiophene rings is 1. The predicted octanol–water partition coefficient (Wildman–Crippen LogP) is 6.04. The maximum atomic E-state index is 13.6. The number of anilines is 1. The molecule has 0 radical (unpaired) electrons. The molecule has 1 aromatic heterocycles. The lowest BCUT2D eigenvalue weighted by Crippen LogP contribution is -2.37. The number of rotatable bonds is 6. The fraction of sp³-hybridized carbons (Fsp3) is 0.379. The highest BCUT2D eigenvalue weighted by atomic mass is 32.2. The summed E-state index contributed by atoms with van der Waals surface area (Å²) in [6.07, 6.45) is 2.73. The van der Waals surface area contributed by atoms with Crippen molar-refractivity contribution in [1.29, 1.82) is 0 Å². The summed E-state index contributed by atoms with van der Waals surface area (Å²) in [7, 11) is -2.39. The van der Waals surface area contributed by atoms with Crippen LogP contribution in [0.5, 0.6) is 0 Å². The topological polar surface area (TPSA) is 92.8 Å². The van der Waals surface area contributed by atoms with Gasteiger partial charge >= 0.3 is 5.97 Å². The van der Waals surface area contributed by atoms with E-state index >= 15 is 0 Å². The molecule has 2 heterocycles. The summed E-state index contributed by atoms with van der Waals surface area (Å²) < 4.78 is 33.7. The number of hydrogen-bond donors (Lipinski definition) is 1. The van der Waals surface area contributed by atoms with Crippen molar-refractivity contribution in [3.63, 3.8) is 0 Å². The largest absolute Gasteiger partial charge is 0.465 e. The number of ether oxygens (including phenoxy) is 1. The van der Waals surface area contributed by atoms with Gasteiger partial charge in [0.2, 0.25) is 10.0 Å². The van der Waals surface area contributed by atoms with Crippen LogP contribution in [-0.2, 0) is 14.8 Å². The van der Waals surface area contributed by atoms with E-state index < -0.39 is 21.9 Å². The predicted molar refractivity (Wildman–Crippen MR) is 149 cm³/mol. The number of methoxy groups -OCH3 is 1. The molecule has 1 saturated carbocycles. The molecule has 2 fully saturated rings. The zero-order valence-corrected chi connectivity index (χ0v) is 23.6. The fourth-order valence-electron chi connectivity index (χ4n) is 6.27. The first kappa shape index (κ1) is 26.6. The Morgan fingerprint density at radius 2 is 1.71 bits per heavy atom. The van der Waals surface area contributed by atoms with Gasteiger partial charge in [0, 0.05) is 23.0 Å². The van der Waals surface area contributed by atoms with Crippen LogP contribution >= 0.6 is 11.3 Å². The van der Waals surface area contributed by atoms with Crippen molar-refractivity contribution in [2.24, 2.45) is 10.8 Å². The lowest BCUT2D eigenvalue weighted by Gasteiger charge is -2.39. The molecule has 2 atom stereocenters. The van der Waals surface area contributed by atoms with Gasteiger partial charge in [-0.15, -0.1) is 11.3 Å². The van der Waals surface area contributed by atoms with Crippen LogP contribution in [0.25, 0.3) is 10.4 Å². The van der Waals surface area contributed by atoms with E-state index in [9.17, 15) is 18.0 Å². The van der Waals surface area contributed by atoms with Gasteiger partial charge in [-0.25, -0.2) is 13.2 Å². The second-order valence-corrected chi connectivity index (χ2v) is 14.4. The van der Waals surface area contributed by atoms with Crippen LogP contribution in [0.1, 0.15) is 60.1 Å². The zero-order valence-electron chi connectivity index (χ0n) is 22.0. The van der Waals surface area contributed by atoms with Gasteiger partial charge in [0.15, 0.2) is 0 Å². The van der Waals surface area contributed by atoms with Crippen LogP contribution in [0.15, 0.2) is 65.6 Å². The maximum absolute atomic E-state index is 13.6. The molecule has 0 spiro atoms. The van der Waals surface area contributed by atoms with Gasteiger partial charge in [0.05, 0.1) is 17.7 Å². The molecule has 5 rings (SSSR count). The highest BCUT2D eigenvalue weighted by molar-refractivity contribution is 7.89. The molecule has 200 valence electrons. The van der Waals surface area contributed by atoms with E-state index in [1.807, 2.05) is 30.3 Å². The van der Waals surface area contributed by atoms with Crippen LogP contribution in [0.3, 0.4) is 0 Å². The molecule has 1 aliphatic heterocycles. The molecule has 38 heavy (non-hydrogen) atoms. The average molecular weight is 553 g/mol. The Bertz CT molecular complexity index is 1480. The molecule has 2 aromatic carbocycles. The number of sulfonamides is 1. The number of esters is 1. The summed E-state index contributed by atoms with van der Waals surface area (Å²) in [6, 6.07) is 17.3.